The lowest BCUT2D eigenvalue weighted by Gasteiger charge is -2.18. The molecule has 0 saturated heterocycles. The van der Waals surface area contributed by atoms with Crippen LogP contribution in [0, 0.1) is 0 Å². The molecule has 22 heavy (non-hydrogen) atoms. The topological polar surface area (TPSA) is 36.9 Å². The summed E-state index contributed by atoms with van der Waals surface area (Å²) < 4.78 is 21.4. The summed E-state index contributed by atoms with van der Waals surface area (Å²) in [7, 11) is 6.52. The quantitative estimate of drug-likeness (QED) is 0.811. The van der Waals surface area contributed by atoms with Crippen molar-refractivity contribution in [1.82, 2.24) is 0 Å². The minimum atomic E-state index is 0.194. The van der Waals surface area contributed by atoms with Crippen LogP contribution < -0.4 is 18.9 Å². The molecule has 2 rings (SSSR count). The first-order valence-corrected chi connectivity index (χ1v) is 7.08. The predicted molar refractivity (Wildman–Crippen MR) is 86.6 cm³/mol. The van der Waals surface area contributed by atoms with Crippen LogP contribution in [0.1, 0.15) is 24.0 Å². The van der Waals surface area contributed by atoms with Crippen LogP contribution in [0.25, 0.3) is 0 Å². The average Bonchev–Trinajstić information content (AvgIpc) is 2.59. The van der Waals surface area contributed by atoms with Crippen molar-refractivity contribution in [2.24, 2.45) is 0 Å². The Morgan fingerprint density at radius 1 is 0.682 bits per heavy atom. The largest absolute Gasteiger partial charge is 0.497 e. The molecule has 4 heteroatoms. The van der Waals surface area contributed by atoms with Crippen LogP contribution in [0.5, 0.6) is 23.0 Å². The highest BCUT2D eigenvalue weighted by Crippen LogP contribution is 2.41. The number of rotatable bonds is 6. The second-order valence-corrected chi connectivity index (χ2v) is 4.95. The van der Waals surface area contributed by atoms with E-state index in [9.17, 15) is 0 Å². The third kappa shape index (κ3) is 3.11. The standard InChI is InChI=1S/C18H22O4/c1-12(13-6-8-15(19-2)9-7-13)14-10-16(20-3)18(22-5)17(11-14)21-4/h6-12H,1-5H3/t12-/m0/s1. The Bertz CT molecular complexity index is 594. The molecule has 2 aromatic carbocycles. The third-order valence-corrected chi connectivity index (χ3v) is 3.80. The molecule has 1 atom stereocenters. The van der Waals surface area contributed by atoms with Gasteiger partial charge >= 0.3 is 0 Å². The summed E-state index contributed by atoms with van der Waals surface area (Å²) in [5.41, 5.74) is 2.29. The summed E-state index contributed by atoms with van der Waals surface area (Å²) in [5, 5.41) is 0. The zero-order valence-electron chi connectivity index (χ0n) is 13.7. The number of methoxy groups -OCH3 is 4. The predicted octanol–water partition coefficient (Wildman–Crippen LogP) is 3.87. The summed E-state index contributed by atoms with van der Waals surface area (Å²) in [5.74, 6) is 2.98. The molecule has 0 saturated carbocycles. The highest BCUT2D eigenvalue weighted by Gasteiger charge is 2.17. The van der Waals surface area contributed by atoms with E-state index >= 15 is 0 Å². The van der Waals surface area contributed by atoms with E-state index in [2.05, 4.69) is 19.1 Å². The van der Waals surface area contributed by atoms with Gasteiger partial charge in [0, 0.05) is 5.92 Å². The van der Waals surface area contributed by atoms with Gasteiger partial charge in [-0.2, -0.15) is 0 Å². The third-order valence-electron chi connectivity index (χ3n) is 3.80. The van der Waals surface area contributed by atoms with Crippen molar-refractivity contribution >= 4 is 0 Å². The molecule has 0 bridgehead atoms. The molecule has 4 nitrogen and oxygen atoms in total. The summed E-state index contributed by atoms with van der Waals surface area (Å²) >= 11 is 0. The molecule has 0 fully saturated rings. The Labute approximate surface area is 131 Å². The number of hydrogen-bond donors (Lipinski definition) is 0. The van der Waals surface area contributed by atoms with Crippen molar-refractivity contribution in [2.75, 3.05) is 28.4 Å². The van der Waals surface area contributed by atoms with E-state index in [0.29, 0.717) is 17.2 Å². The second kappa shape index (κ2) is 7.07. The van der Waals surface area contributed by atoms with E-state index < -0.39 is 0 Å². The molecule has 0 aliphatic heterocycles. The molecule has 0 aromatic heterocycles. The Morgan fingerprint density at radius 3 is 1.64 bits per heavy atom. The van der Waals surface area contributed by atoms with Gasteiger partial charge in [-0.25, -0.2) is 0 Å². The molecule has 0 aliphatic carbocycles. The molecule has 118 valence electrons. The Balaban J connectivity index is 2.41. The monoisotopic (exact) mass is 302 g/mol. The fourth-order valence-corrected chi connectivity index (χ4v) is 2.44. The zero-order valence-corrected chi connectivity index (χ0v) is 13.7. The summed E-state index contributed by atoms with van der Waals surface area (Å²) in [6.07, 6.45) is 0. The van der Waals surface area contributed by atoms with Gasteiger partial charge in [-0.1, -0.05) is 19.1 Å². The highest BCUT2D eigenvalue weighted by molar-refractivity contribution is 5.55. The lowest BCUT2D eigenvalue weighted by Crippen LogP contribution is -2.01. The highest BCUT2D eigenvalue weighted by atomic mass is 16.5. The van der Waals surface area contributed by atoms with Gasteiger partial charge in [0.2, 0.25) is 5.75 Å². The first-order chi connectivity index (χ1) is 10.6. The first kappa shape index (κ1) is 16.0. The van der Waals surface area contributed by atoms with Crippen molar-refractivity contribution in [1.29, 1.82) is 0 Å². The van der Waals surface area contributed by atoms with Crippen molar-refractivity contribution in [3.63, 3.8) is 0 Å². The van der Waals surface area contributed by atoms with E-state index in [1.54, 1.807) is 28.4 Å². The molecule has 0 amide bonds. The van der Waals surface area contributed by atoms with Gasteiger partial charge in [-0.3, -0.25) is 0 Å². The summed E-state index contributed by atoms with van der Waals surface area (Å²) in [6, 6.07) is 12.0. The molecule has 0 N–H and O–H groups in total. The van der Waals surface area contributed by atoms with Crippen molar-refractivity contribution in [2.45, 2.75) is 12.8 Å². The van der Waals surface area contributed by atoms with E-state index in [4.69, 9.17) is 18.9 Å². The van der Waals surface area contributed by atoms with Crippen LogP contribution in [0.15, 0.2) is 36.4 Å². The Kier molecular flexibility index (Phi) is 5.15. The molecule has 0 radical (unpaired) electrons. The number of hydrogen-bond acceptors (Lipinski definition) is 4. The zero-order chi connectivity index (χ0) is 16.1. The van der Waals surface area contributed by atoms with E-state index in [1.165, 1.54) is 5.56 Å². The molecule has 0 spiro atoms. The number of ether oxygens (including phenoxy) is 4. The van der Waals surface area contributed by atoms with Gasteiger partial charge in [0.1, 0.15) is 5.75 Å². The minimum absolute atomic E-state index is 0.194. The van der Waals surface area contributed by atoms with E-state index in [1.807, 2.05) is 24.3 Å². The SMILES string of the molecule is COc1ccc([C@H](C)c2cc(OC)c(OC)c(OC)c2)cc1. The van der Waals surface area contributed by atoms with Gasteiger partial charge in [0.05, 0.1) is 28.4 Å². The van der Waals surface area contributed by atoms with Crippen molar-refractivity contribution in [3.05, 3.63) is 47.5 Å². The first-order valence-electron chi connectivity index (χ1n) is 7.08. The van der Waals surface area contributed by atoms with Crippen LogP contribution in [-0.2, 0) is 0 Å². The lowest BCUT2D eigenvalue weighted by atomic mass is 9.92. The fourth-order valence-electron chi connectivity index (χ4n) is 2.44. The summed E-state index contributed by atoms with van der Waals surface area (Å²) in [6.45, 7) is 2.14. The fraction of sp³-hybridized carbons (Fsp3) is 0.333. The maximum absolute atomic E-state index is 5.42. The van der Waals surface area contributed by atoms with Gasteiger partial charge in [-0.05, 0) is 35.4 Å². The lowest BCUT2D eigenvalue weighted by molar-refractivity contribution is 0.323. The smallest absolute Gasteiger partial charge is 0.203 e. The Morgan fingerprint density at radius 2 is 1.23 bits per heavy atom. The van der Waals surface area contributed by atoms with E-state index in [-0.39, 0.29) is 5.92 Å². The van der Waals surface area contributed by atoms with Gasteiger partial charge in [-0.15, -0.1) is 0 Å². The molecule has 0 unspecified atom stereocenters. The molecule has 2 aromatic rings. The maximum atomic E-state index is 5.42. The normalized spacial score (nSPS) is 11.7. The van der Waals surface area contributed by atoms with Crippen molar-refractivity contribution in [3.8, 4) is 23.0 Å². The van der Waals surface area contributed by atoms with Crippen LogP contribution in [0.4, 0.5) is 0 Å². The molecule has 0 aliphatic rings. The van der Waals surface area contributed by atoms with Gasteiger partial charge in [0.25, 0.3) is 0 Å². The van der Waals surface area contributed by atoms with Crippen LogP contribution in [-0.4, -0.2) is 28.4 Å². The molecular weight excluding hydrogens is 280 g/mol. The Hall–Kier alpha value is -2.36. The summed E-state index contributed by atoms with van der Waals surface area (Å²) in [4.78, 5) is 0. The van der Waals surface area contributed by atoms with Crippen LogP contribution in [0.3, 0.4) is 0 Å². The average molecular weight is 302 g/mol. The minimum Gasteiger partial charge on any atom is -0.497 e. The molecular formula is C18H22O4. The van der Waals surface area contributed by atoms with E-state index in [0.717, 1.165) is 11.3 Å². The number of benzene rings is 2. The van der Waals surface area contributed by atoms with Crippen LogP contribution in [0.2, 0.25) is 0 Å². The van der Waals surface area contributed by atoms with Gasteiger partial charge in [0.15, 0.2) is 11.5 Å². The molecule has 0 heterocycles. The van der Waals surface area contributed by atoms with Crippen molar-refractivity contribution < 1.29 is 18.9 Å². The second-order valence-electron chi connectivity index (χ2n) is 4.95. The van der Waals surface area contributed by atoms with Gasteiger partial charge < -0.3 is 18.9 Å². The van der Waals surface area contributed by atoms with Crippen LogP contribution >= 0.6 is 0 Å². The maximum Gasteiger partial charge on any atom is 0.203 e.